The molecule has 0 saturated heterocycles. The number of fused-ring (bicyclic) bond motifs is 2. The van der Waals surface area contributed by atoms with Crippen molar-refractivity contribution in [3.63, 3.8) is 0 Å². The van der Waals surface area contributed by atoms with Crippen LogP contribution in [0.25, 0.3) is 16.7 Å². The predicted molar refractivity (Wildman–Crippen MR) is 159 cm³/mol. The van der Waals surface area contributed by atoms with Gasteiger partial charge in [-0.25, -0.2) is 4.57 Å². The number of rotatable bonds is 2. The van der Waals surface area contributed by atoms with Crippen molar-refractivity contribution in [2.45, 2.75) is 27.7 Å². The zero-order valence-electron chi connectivity index (χ0n) is 24.0. The summed E-state index contributed by atoms with van der Waals surface area (Å²) in [6.07, 6.45) is 2.03. The Labute approximate surface area is 255 Å². The van der Waals surface area contributed by atoms with Gasteiger partial charge in [-0.3, -0.25) is 0 Å². The second-order valence-corrected chi connectivity index (χ2v) is 10.3. The molecule has 0 saturated carbocycles. The van der Waals surface area contributed by atoms with Crippen molar-refractivity contribution in [3.8, 4) is 17.8 Å². The first-order valence-corrected chi connectivity index (χ1v) is 13.1. The fourth-order valence-corrected chi connectivity index (χ4v) is 5.45. The molecule has 0 unspecified atom stereocenters. The van der Waals surface area contributed by atoms with Crippen LogP contribution in [0.15, 0.2) is 73.1 Å². The van der Waals surface area contributed by atoms with Crippen LogP contribution >= 0.6 is 0 Å². The van der Waals surface area contributed by atoms with Crippen LogP contribution < -0.4 is 14.4 Å². The summed E-state index contributed by atoms with van der Waals surface area (Å²) < 4.78 is 4.14. The van der Waals surface area contributed by atoms with E-state index in [4.69, 9.17) is 0 Å². The third-order valence-electron chi connectivity index (χ3n) is 6.95. The zero-order valence-corrected chi connectivity index (χ0v) is 26.4. The van der Waals surface area contributed by atoms with Gasteiger partial charge in [-0.2, -0.15) is 45.0 Å². The summed E-state index contributed by atoms with van der Waals surface area (Å²) in [5.74, 6) is 0. The van der Waals surface area contributed by atoms with E-state index in [1.807, 2.05) is 79.9 Å². The number of imidazole rings is 1. The molecule has 1 aliphatic rings. The van der Waals surface area contributed by atoms with E-state index in [1.165, 1.54) is 16.7 Å². The molecule has 6 nitrogen and oxygen atoms in total. The number of para-hydroxylation sites is 2. The summed E-state index contributed by atoms with van der Waals surface area (Å²) in [7, 11) is 3.94. The summed E-state index contributed by atoms with van der Waals surface area (Å²) in [6, 6.07) is 30.2. The first kappa shape index (κ1) is 29.6. The first-order valence-electron chi connectivity index (χ1n) is 13.1. The van der Waals surface area contributed by atoms with Gasteiger partial charge in [0, 0.05) is 31.5 Å². The van der Waals surface area contributed by atoms with Gasteiger partial charge in [-0.1, -0.05) is 32.0 Å². The van der Waals surface area contributed by atoms with Crippen molar-refractivity contribution >= 4 is 28.1 Å². The Balaban J connectivity index is 0.000000184. The minimum Gasteiger partial charge on any atom is -0.503 e. The van der Waals surface area contributed by atoms with E-state index >= 15 is 0 Å². The van der Waals surface area contributed by atoms with Gasteiger partial charge >= 0.3 is 0 Å². The predicted octanol–water partition coefficient (Wildman–Crippen LogP) is 6.62. The second kappa shape index (κ2) is 12.0. The van der Waals surface area contributed by atoms with Crippen molar-refractivity contribution in [3.05, 3.63) is 119 Å². The molecule has 0 fully saturated rings. The number of benzene rings is 4. The van der Waals surface area contributed by atoms with Crippen LogP contribution in [0.5, 0.6) is 0 Å². The number of aromatic nitrogens is 2. The minimum atomic E-state index is 0. The number of hydrogen-bond acceptors (Lipinski definition) is 4. The van der Waals surface area contributed by atoms with Crippen molar-refractivity contribution in [1.29, 1.82) is 10.5 Å². The Morgan fingerprint density at radius 2 is 1.46 bits per heavy atom. The van der Waals surface area contributed by atoms with Crippen LogP contribution in [0.4, 0.5) is 17.1 Å². The average Bonchev–Trinajstić information content (AvgIpc) is 3.45. The van der Waals surface area contributed by atoms with Crippen LogP contribution in [0.1, 0.15) is 33.4 Å². The summed E-state index contributed by atoms with van der Waals surface area (Å²) in [4.78, 5) is 4.07. The van der Waals surface area contributed by atoms with E-state index in [1.54, 1.807) is 0 Å². The smallest absolute Gasteiger partial charge is 0.249 e. The topological polar surface area (TPSA) is 62.9 Å². The van der Waals surface area contributed by atoms with Crippen LogP contribution in [-0.2, 0) is 27.2 Å². The number of hydrogen-bond donors (Lipinski definition) is 0. The number of anilines is 3. The molecule has 41 heavy (non-hydrogen) atoms. The molecule has 1 radical (unpaired) electrons. The van der Waals surface area contributed by atoms with Crippen LogP contribution in [0, 0.1) is 63.1 Å². The number of nitrogens with zero attached hydrogens (tertiary/aromatic N) is 6. The normalized spacial score (nSPS) is 11.7. The van der Waals surface area contributed by atoms with Gasteiger partial charge in [0.1, 0.15) is 23.4 Å². The molecule has 5 aromatic rings. The molecule has 6 rings (SSSR count). The van der Waals surface area contributed by atoms with Crippen molar-refractivity contribution in [2.24, 2.45) is 7.05 Å². The van der Waals surface area contributed by atoms with E-state index in [2.05, 4.69) is 78.8 Å². The van der Waals surface area contributed by atoms with E-state index in [0.717, 1.165) is 39.3 Å². The van der Waals surface area contributed by atoms with E-state index in [0.29, 0.717) is 11.1 Å². The molecule has 0 N–H and O–H groups in total. The molecule has 0 amide bonds. The first-order chi connectivity index (χ1) is 19.2. The van der Waals surface area contributed by atoms with Gasteiger partial charge in [0.15, 0.2) is 11.0 Å². The van der Waals surface area contributed by atoms with Crippen LogP contribution in [0.3, 0.4) is 0 Å². The molecule has 0 spiro atoms. The molecule has 1 aliphatic heterocycles. The van der Waals surface area contributed by atoms with E-state index in [9.17, 15) is 10.5 Å². The van der Waals surface area contributed by atoms with Gasteiger partial charge in [-0.05, 0) is 68.4 Å². The molecule has 0 aliphatic carbocycles. The largest absolute Gasteiger partial charge is 0.503 e. The van der Waals surface area contributed by atoms with Crippen molar-refractivity contribution in [2.75, 3.05) is 16.8 Å². The SMILES string of the molecule is Cc1[c-]c(N2[CH-]N(C)c3c(C#N)cccc32)cc(C)c1.Cc1cc(C)cc(-n2c[n+](C)c3c(C#N)cccc32)c1.[Ir]. The van der Waals surface area contributed by atoms with Gasteiger partial charge < -0.3 is 9.80 Å². The quantitative estimate of drug-likeness (QED) is 0.152. The molecule has 2 heterocycles. The van der Waals surface area contributed by atoms with Gasteiger partial charge in [-0.15, -0.1) is 11.8 Å². The van der Waals surface area contributed by atoms with Crippen molar-refractivity contribution < 1.29 is 24.7 Å². The van der Waals surface area contributed by atoms with Crippen LogP contribution in [-0.4, -0.2) is 11.6 Å². The fraction of sp³-hybridized carbons (Fsp3) is 0.176. The fourth-order valence-electron chi connectivity index (χ4n) is 5.45. The molecule has 0 atom stereocenters. The summed E-state index contributed by atoms with van der Waals surface area (Å²) in [6.45, 7) is 10.3. The molecule has 7 heteroatoms. The van der Waals surface area contributed by atoms with Gasteiger partial charge in [0.05, 0.1) is 12.6 Å². The van der Waals surface area contributed by atoms with Gasteiger partial charge in [0.25, 0.3) is 0 Å². The Morgan fingerprint density at radius 1 is 0.829 bits per heavy atom. The van der Waals surface area contributed by atoms with E-state index < -0.39 is 0 Å². The zero-order chi connectivity index (χ0) is 28.6. The molecule has 207 valence electrons. The number of aryl methyl sites for hydroxylation is 5. The minimum absolute atomic E-state index is 0. The maximum atomic E-state index is 9.26. The van der Waals surface area contributed by atoms with Crippen LogP contribution in [0.2, 0.25) is 0 Å². The average molecular weight is 716 g/mol. The number of nitriles is 2. The van der Waals surface area contributed by atoms with E-state index in [-0.39, 0.29) is 20.1 Å². The summed E-state index contributed by atoms with van der Waals surface area (Å²) in [5, 5.41) is 18.5. The second-order valence-electron chi connectivity index (χ2n) is 10.3. The Hall–Kier alpha value is -4.42. The summed E-state index contributed by atoms with van der Waals surface area (Å²) in [5.41, 5.74) is 12.3. The molecular formula is C34H31IrN6-. The maximum absolute atomic E-state index is 9.26. The van der Waals surface area contributed by atoms with Crippen molar-refractivity contribution in [1.82, 2.24) is 4.57 Å². The maximum Gasteiger partial charge on any atom is 0.249 e. The molecule has 0 bridgehead atoms. The standard InChI is InChI=1S/C17H16N3.C17H15N3.Ir/c2*1-12-7-13(2)9-15(8-12)20-11-19(3)17-14(10-18)5-4-6-16(17)20;/h4-9,11H,1-3H3;4-8,11H,1-3H3;/q+1;-2;. The molecular weight excluding hydrogens is 685 g/mol. The monoisotopic (exact) mass is 716 g/mol. The third-order valence-corrected chi connectivity index (χ3v) is 6.95. The third kappa shape index (κ3) is 5.74. The summed E-state index contributed by atoms with van der Waals surface area (Å²) >= 11 is 0. The molecule has 1 aromatic heterocycles. The Kier molecular flexibility index (Phi) is 8.64. The Bertz CT molecular complexity index is 1800. The Morgan fingerprint density at radius 3 is 2.12 bits per heavy atom. The van der Waals surface area contributed by atoms with Gasteiger partial charge in [0.2, 0.25) is 6.33 Å². The molecule has 4 aromatic carbocycles.